The number of benzene rings is 2. The van der Waals surface area contributed by atoms with Crippen LogP contribution in [0.4, 0.5) is 4.39 Å². The van der Waals surface area contributed by atoms with Crippen LogP contribution in [0.2, 0.25) is 0 Å². The van der Waals surface area contributed by atoms with E-state index in [1.54, 1.807) is 26.4 Å². The van der Waals surface area contributed by atoms with Crippen LogP contribution >= 0.6 is 12.2 Å². The van der Waals surface area contributed by atoms with Gasteiger partial charge in [-0.25, -0.2) is 4.39 Å². The molecule has 0 saturated carbocycles. The van der Waals surface area contributed by atoms with Gasteiger partial charge in [0.15, 0.2) is 16.6 Å². The fourth-order valence-corrected chi connectivity index (χ4v) is 4.07. The van der Waals surface area contributed by atoms with Gasteiger partial charge in [-0.15, -0.1) is 0 Å². The third kappa shape index (κ3) is 5.14. The second kappa shape index (κ2) is 9.08. The van der Waals surface area contributed by atoms with E-state index >= 15 is 0 Å². The predicted octanol–water partition coefficient (Wildman–Crippen LogP) is 4.49. The molecule has 30 heavy (non-hydrogen) atoms. The van der Waals surface area contributed by atoms with Crippen LogP contribution in [-0.4, -0.2) is 42.9 Å². The third-order valence-electron chi connectivity index (χ3n) is 4.97. The summed E-state index contributed by atoms with van der Waals surface area (Å²) in [7, 11) is 3.26. The molecule has 1 N–H and O–H groups in total. The minimum absolute atomic E-state index is 0.124. The van der Waals surface area contributed by atoms with Crippen molar-refractivity contribution in [2.75, 3.05) is 27.4 Å². The van der Waals surface area contributed by atoms with Crippen molar-refractivity contribution in [1.29, 1.82) is 0 Å². The molecule has 162 valence electrons. The SMILES string of the molecule is COc1cc2c(cc1OC)[C@H](COc1ccc(F)cc1)N(C(=S)NC(C)(C)C)CC2. The Kier molecular flexibility index (Phi) is 6.71. The van der Waals surface area contributed by atoms with Crippen molar-refractivity contribution in [3.63, 3.8) is 0 Å². The number of fused-ring (bicyclic) bond motifs is 1. The number of nitrogens with zero attached hydrogens (tertiary/aromatic N) is 1. The topological polar surface area (TPSA) is 43.0 Å². The molecular formula is C23H29FN2O3S. The molecule has 2 aromatic carbocycles. The molecule has 3 rings (SSSR count). The molecule has 0 aromatic heterocycles. The minimum Gasteiger partial charge on any atom is -0.493 e. The van der Waals surface area contributed by atoms with E-state index in [0.717, 1.165) is 18.5 Å². The van der Waals surface area contributed by atoms with Crippen LogP contribution in [0.3, 0.4) is 0 Å². The van der Waals surface area contributed by atoms with Crippen LogP contribution in [0.1, 0.15) is 37.9 Å². The lowest BCUT2D eigenvalue weighted by Crippen LogP contribution is -2.52. The van der Waals surface area contributed by atoms with Crippen molar-refractivity contribution in [3.05, 3.63) is 53.3 Å². The zero-order chi connectivity index (χ0) is 21.9. The quantitative estimate of drug-likeness (QED) is 0.702. The van der Waals surface area contributed by atoms with E-state index in [0.29, 0.717) is 29.0 Å². The number of methoxy groups -OCH3 is 2. The summed E-state index contributed by atoms with van der Waals surface area (Å²) in [5.41, 5.74) is 2.10. The van der Waals surface area contributed by atoms with Gasteiger partial charge in [0.2, 0.25) is 0 Å². The summed E-state index contributed by atoms with van der Waals surface area (Å²) in [5, 5.41) is 4.08. The molecule has 0 aliphatic carbocycles. The van der Waals surface area contributed by atoms with Gasteiger partial charge in [0.25, 0.3) is 0 Å². The number of halogens is 1. The van der Waals surface area contributed by atoms with Crippen molar-refractivity contribution in [2.45, 2.75) is 38.8 Å². The van der Waals surface area contributed by atoms with Gasteiger partial charge in [0, 0.05) is 12.1 Å². The molecule has 1 aliphatic heterocycles. The molecule has 0 spiro atoms. The first-order valence-electron chi connectivity index (χ1n) is 9.94. The highest BCUT2D eigenvalue weighted by molar-refractivity contribution is 7.80. The van der Waals surface area contributed by atoms with Gasteiger partial charge in [-0.1, -0.05) is 0 Å². The maximum Gasteiger partial charge on any atom is 0.169 e. The van der Waals surface area contributed by atoms with Crippen LogP contribution in [0.15, 0.2) is 36.4 Å². The van der Waals surface area contributed by atoms with Gasteiger partial charge >= 0.3 is 0 Å². The van der Waals surface area contributed by atoms with Gasteiger partial charge in [-0.2, -0.15) is 0 Å². The number of ether oxygens (including phenoxy) is 3. The fourth-order valence-electron chi connectivity index (χ4n) is 3.55. The molecule has 0 radical (unpaired) electrons. The van der Waals surface area contributed by atoms with Gasteiger partial charge in [-0.3, -0.25) is 0 Å². The molecule has 1 aliphatic rings. The summed E-state index contributed by atoms with van der Waals surface area (Å²) in [6, 6.07) is 9.94. The van der Waals surface area contributed by atoms with Crippen LogP contribution in [0.5, 0.6) is 17.2 Å². The molecule has 0 fully saturated rings. The summed E-state index contributed by atoms with van der Waals surface area (Å²) in [6.07, 6.45) is 0.828. The molecule has 0 amide bonds. The Labute approximate surface area is 183 Å². The van der Waals surface area contributed by atoms with E-state index in [-0.39, 0.29) is 17.4 Å². The Morgan fingerprint density at radius 2 is 1.77 bits per heavy atom. The van der Waals surface area contributed by atoms with Crippen LogP contribution < -0.4 is 19.5 Å². The van der Waals surface area contributed by atoms with E-state index in [9.17, 15) is 4.39 Å². The lowest BCUT2D eigenvalue weighted by Gasteiger charge is -2.41. The summed E-state index contributed by atoms with van der Waals surface area (Å²) in [5.74, 6) is 1.69. The van der Waals surface area contributed by atoms with Crippen molar-refractivity contribution in [2.24, 2.45) is 0 Å². The highest BCUT2D eigenvalue weighted by Gasteiger charge is 2.32. The first-order valence-corrected chi connectivity index (χ1v) is 10.3. The van der Waals surface area contributed by atoms with Crippen molar-refractivity contribution in [3.8, 4) is 17.2 Å². The average Bonchev–Trinajstić information content (AvgIpc) is 2.70. The molecule has 0 bridgehead atoms. The second-order valence-electron chi connectivity index (χ2n) is 8.31. The Bertz CT molecular complexity index is 897. The Balaban J connectivity index is 1.94. The van der Waals surface area contributed by atoms with E-state index in [4.69, 9.17) is 26.4 Å². The number of hydrogen-bond donors (Lipinski definition) is 1. The largest absolute Gasteiger partial charge is 0.493 e. The smallest absolute Gasteiger partial charge is 0.169 e. The number of nitrogens with one attached hydrogen (secondary N) is 1. The van der Waals surface area contributed by atoms with Crippen LogP contribution in [-0.2, 0) is 6.42 Å². The summed E-state index contributed by atoms with van der Waals surface area (Å²) in [4.78, 5) is 2.15. The zero-order valence-electron chi connectivity index (χ0n) is 18.1. The van der Waals surface area contributed by atoms with E-state index in [1.165, 1.54) is 17.7 Å². The molecule has 0 saturated heterocycles. The third-order valence-corrected chi connectivity index (χ3v) is 5.30. The Morgan fingerprint density at radius 3 is 2.37 bits per heavy atom. The molecular weight excluding hydrogens is 403 g/mol. The highest BCUT2D eigenvalue weighted by atomic mass is 32.1. The highest BCUT2D eigenvalue weighted by Crippen LogP contribution is 2.38. The monoisotopic (exact) mass is 432 g/mol. The summed E-state index contributed by atoms with van der Waals surface area (Å²) in [6.45, 7) is 7.35. The van der Waals surface area contributed by atoms with Crippen molar-refractivity contribution < 1.29 is 18.6 Å². The summed E-state index contributed by atoms with van der Waals surface area (Å²) < 4.78 is 30.3. The number of thiocarbonyl (C=S) groups is 1. The van der Waals surface area contributed by atoms with Gasteiger partial charge in [0.05, 0.1) is 20.3 Å². The Hall–Kier alpha value is -2.54. The molecule has 5 nitrogen and oxygen atoms in total. The average molecular weight is 433 g/mol. The maximum atomic E-state index is 13.2. The maximum absolute atomic E-state index is 13.2. The van der Waals surface area contributed by atoms with Gasteiger partial charge in [0.1, 0.15) is 18.2 Å². The molecule has 1 heterocycles. The molecule has 2 aromatic rings. The van der Waals surface area contributed by atoms with Crippen LogP contribution in [0, 0.1) is 5.82 Å². The van der Waals surface area contributed by atoms with Crippen LogP contribution in [0.25, 0.3) is 0 Å². The van der Waals surface area contributed by atoms with Crippen molar-refractivity contribution >= 4 is 17.3 Å². The molecule has 1 atom stereocenters. The second-order valence-corrected chi connectivity index (χ2v) is 8.70. The predicted molar refractivity (Wildman–Crippen MR) is 120 cm³/mol. The normalized spacial score (nSPS) is 15.9. The zero-order valence-corrected chi connectivity index (χ0v) is 18.9. The van der Waals surface area contributed by atoms with Crippen molar-refractivity contribution in [1.82, 2.24) is 10.2 Å². The summed E-state index contributed by atoms with van der Waals surface area (Å²) >= 11 is 5.74. The number of rotatable bonds is 5. The fraction of sp³-hybridized carbons (Fsp3) is 0.435. The minimum atomic E-state index is -0.292. The van der Waals surface area contributed by atoms with E-state index in [1.807, 2.05) is 12.1 Å². The standard InChI is InChI=1S/C23H29FN2O3S/c1-23(2,3)25-22(30)26-11-10-15-12-20(27-4)21(28-5)13-18(15)19(26)14-29-17-8-6-16(24)7-9-17/h6-9,12-13,19H,10-11,14H2,1-5H3,(H,25,30)/t19-/m0/s1. The van der Waals surface area contributed by atoms with E-state index in [2.05, 4.69) is 31.0 Å². The molecule has 7 heteroatoms. The van der Waals surface area contributed by atoms with E-state index < -0.39 is 0 Å². The van der Waals surface area contributed by atoms with Gasteiger partial charge < -0.3 is 24.4 Å². The lowest BCUT2D eigenvalue weighted by atomic mass is 9.92. The first-order chi connectivity index (χ1) is 14.2. The van der Waals surface area contributed by atoms with Gasteiger partial charge in [-0.05, 0) is 86.9 Å². The molecule has 0 unspecified atom stereocenters. The number of hydrogen-bond acceptors (Lipinski definition) is 4. The Morgan fingerprint density at radius 1 is 1.13 bits per heavy atom. The lowest BCUT2D eigenvalue weighted by molar-refractivity contribution is 0.184. The first kappa shape index (κ1) is 22.2.